The number of pyridine rings is 1. The fourth-order valence-electron chi connectivity index (χ4n) is 1.66. The number of nitrogens with zero attached hydrogens (tertiary/aromatic N) is 1. The van der Waals surface area contributed by atoms with Crippen LogP contribution in [0, 0.1) is 0 Å². The third-order valence-electron chi connectivity index (χ3n) is 2.78. The first kappa shape index (κ1) is 14.3. The van der Waals surface area contributed by atoms with Gasteiger partial charge in [0.1, 0.15) is 31.7 Å². The van der Waals surface area contributed by atoms with Crippen LogP contribution in [-0.2, 0) is 11.2 Å². The largest absolute Gasteiger partial charge is 0.497 e. The van der Waals surface area contributed by atoms with Crippen molar-refractivity contribution in [3.8, 4) is 11.5 Å². The minimum atomic E-state index is -1.54. The molecule has 1 radical (unpaired) electrons. The Hall–Kier alpha value is -2.13. The number of hydrogen-bond acceptors (Lipinski definition) is 5. The summed E-state index contributed by atoms with van der Waals surface area (Å²) in [5, 5.41) is 0.521. The summed E-state index contributed by atoms with van der Waals surface area (Å²) >= 11 is 0. The maximum absolute atomic E-state index is 11.5. The van der Waals surface area contributed by atoms with Crippen molar-refractivity contribution in [2.45, 2.75) is 6.61 Å². The third kappa shape index (κ3) is 3.45. The highest BCUT2D eigenvalue weighted by atomic mass is 31.1. The molecule has 1 atom stereocenters. The van der Waals surface area contributed by atoms with Crippen LogP contribution in [0.15, 0.2) is 36.5 Å². The van der Waals surface area contributed by atoms with Gasteiger partial charge in [0.2, 0.25) is 0 Å². The maximum atomic E-state index is 11.5. The molecule has 0 saturated carbocycles. The zero-order chi connectivity index (χ0) is 14.5. The second kappa shape index (κ2) is 6.35. The van der Waals surface area contributed by atoms with Gasteiger partial charge in [0.25, 0.3) is 0 Å². The fraction of sp³-hybridized carbons (Fsp3) is 0.214. The van der Waals surface area contributed by atoms with Crippen molar-refractivity contribution < 1.29 is 14.0 Å². The van der Waals surface area contributed by atoms with E-state index in [4.69, 9.17) is 15.2 Å². The molecule has 1 unspecified atom stereocenters. The van der Waals surface area contributed by atoms with Crippen LogP contribution in [0.4, 0.5) is 5.82 Å². The summed E-state index contributed by atoms with van der Waals surface area (Å²) in [4.78, 5) is 3.99. The molecule has 2 N–H and O–H groups in total. The maximum Gasteiger partial charge on any atom is 0.139 e. The zero-order valence-corrected chi connectivity index (χ0v) is 12.3. The van der Waals surface area contributed by atoms with Crippen LogP contribution in [0.25, 0.3) is 0 Å². The molecule has 0 amide bonds. The number of nitrogen functional groups attached to an aromatic ring is 1. The van der Waals surface area contributed by atoms with Gasteiger partial charge in [-0.25, -0.2) is 4.98 Å². The second-order valence-electron chi connectivity index (χ2n) is 4.21. The highest BCUT2D eigenvalue weighted by Crippen LogP contribution is 2.21. The number of nitrogens with two attached hydrogens (primary N) is 1. The van der Waals surface area contributed by atoms with Crippen molar-refractivity contribution >= 4 is 18.9 Å². The Bertz CT molecular complexity index is 614. The van der Waals surface area contributed by atoms with E-state index in [-0.39, 0.29) is 5.82 Å². The predicted octanol–water partition coefficient (Wildman–Crippen LogP) is 2.33. The molecule has 0 aliphatic rings. The van der Waals surface area contributed by atoms with E-state index in [2.05, 4.69) is 4.98 Å². The lowest BCUT2D eigenvalue weighted by atomic mass is 10.2. The molecule has 0 fully saturated rings. The van der Waals surface area contributed by atoms with E-state index in [9.17, 15) is 4.57 Å². The van der Waals surface area contributed by atoms with Crippen molar-refractivity contribution in [2.24, 2.45) is 0 Å². The Kier molecular flexibility index (Phi) is 4.53. The molecule has 20 heavy (non-hydrogen) atoms. The van der Waals surface area contributed by atoms with Gasteiger partial charge in [-0.15, -0.1) is 0 Å². The minimum Gasteiger partial charge on any atom is -0.497 e. The summed E-state index contributed by atoms with van der Waals surface area (Å²) < 4.78 is 22.2. The number of aromatic nitrogens is 1. The summed E-state index contributed by atoms with van der Waals surface area (Å²) in [6, 6.07) is 9.25. The molecule has 2 aromatic rings. The molecule has 6 heteroatoms. The smallest absolute Gasteiger partial charge is 0.139 e. The van der Waals surface area contributed by atoms with Gasteiger partial charge >= 0.3 is 0 Å². The van der Waals surface area contributed by atoms with Crippen molar-refractivity contribution in [3.63, 3.8) is 0 Å². The normalized spacial score (nSPS) is 11.0. The van der Waals surface area contributed by atoms with Gasteiger partial charge in [-0.05, 0) is 23.8 Å². The highest BCUT2D eigenvalue weighted by Gasteiger charge is 2.07. The topological polar surface area (TPSA) is 74.4 Å². The molecule has 5 nitrogen and oxygen atoms in total. The summed E-state index contributed by atoms with van der Waals surface area (Å²) in [7, 11) is 0.0858. The molecule has 0 aliphatic carbocycles. The number of ether oxygens (including phenoxy) is 2. The Morgan fingerprint density at radius 1 is 1.25 bits per heavy atom. The first-order valence-electron chi connectivity index (χ1n) is 6.02. The van der Waals surface area contributed by atoms with Crippen LogP contribution in [0.1, 0.15) is 5.56 Å². The lowest BCUT2D eigenvalue weighted by Crippen LogP contribution is -2.08. The van der Waals surface area contributed by atoms with Crippen molar-refractivity contribution in [3.05, 3.63) is 42.1 Å². The van der Waals surface area contributed by atoms with Gasteiger partial charge in [-0.1, -0.05) is 12.1 Å². The molecule has 1 aromatic carbocycles. The molecule has 0 saturated heterocycles. The summed E-state index contributed by atoms with van der Waals surface area (Å²) in [5.41, 5.74) is 6.67. The average molecular weight is 291 g/mol. The molecule has 105 valence electrons. The molecule has 0 spiro atoms. The van der Waals surface area contributed by atoms with Crippen LogP contribution in [0.3, 0.4) is 0 Å². The second-order valence-corrected chi connectivity index (χ2v) is 5.69. The van der Waals surface area contributed by atoms with E-state index in [1.165, 1.54) is 6.20 Å². The molecular weight excluding hydrogens is 275 g/mol. The summed E-state index contributed by atoms with van der Waals surface area (Å²) in [6.07, 6.45) is 1.53. The highest BCUT2D eigenvalue weighted by molar-refractivity contribution is 7.53. The first-order valence-corrected chi connectivity index (χ1v) is 7.73. The number of rotatable bonds is 5. The number of benzene rings is 1. The fourth-order valence-corrected chi connectivity index (χ4v) is 2.35. The van der Waals surface area contributed by atoms with Gasteiger partial charge in [0, 0.05) is 6.66 Å². The van der Waals surface area contributed by atoms with E-state index < -0.39 is 7.80 Å². The minimum absolute atomic E-state index is 0.283. The number of hydrogen-bond donors (Lipinski definition) is 1. The van der Waals surface area contributed by atoms with Gasteiger partial charge < -0.3 is 15.2 Å². The van der Waals surface area contributed by atoms with Crippen LogP contribution in [-0.4, -0.2) is 18.8 Å². The predicted molar refractivity (Wildman–Crippen MR) is 79.1 cm³/mol. The monoisotopic (exact) mass is 291 g/mol. The number of anilines is 1. The summed E-state index contributed by atoms with van der Waals surface area (Å²) in [6.45, 7) is 1.99. The third-order valence-corrected chi connectivity index (χ3v) is 3.81. The zero-order valence-electron chi connectivity index (χ0n) is 11.4. The standard InChI is InChI=1S/C14H16N2O3P/c1-18-11-5-3-10(4-6-11)9-19-12-7-13(20(2)17)14(15)16-8-12/h3-8H,9H2,1-2H3,(H2,15,16). The molecule has 1 aromatic heterocycles. The molecule has 0 bridgehead atoms. The van der Waals surface area contributed by atoms with Gasteiger partial charge in [0.05, 0.1) is 18.6 Å². The van der Waals surface area contributed by atoms with Gasteiger partial charge in [-0.3, -0.25) is 4.57 Å². The van der Waals surface area contributed by atoms with Crippen LogP contribution in [0.2, 0.25) is 0 Å². The number of methoxy groups -OCH3 is 1. The Balaban J connectivity index is 2.06. The van der Waals surface area contributed by atoms with Crippen LogP contribution >= 0.6 is 7.80 Å². The lowest BCUT2D eigenvalue weighted by Gasteiger charge is -2.08. The van der Waals surface area contributed by atoms with Gasteiger partial charge in [0.15, 0.2) is 0 Å². The molecule has 2 rings (SSSR count). The van der Waals surface area contributed by atoms with E-state index in [0.29, 0.717) is 17.7 Å². The van der Waals surface area contributed by atoms with Gasteiger partial charge in [-0.2, -0.15) is 0 Å². The van der Waals surface area contributed by atoms with Crippen molar-refractivity contribution in [1.82, 2.24) is 4.98 Å². The van der Waals surface area contributed by atoms with Crippen molar-refractivity contribution in [1.29, 1.82) is 0 Å². The Labute approximate surface area is 118 Å². The Morgan fingerprint density at radius 3 is 2.55 bits per heavy atom. The SMILES string of the molecule is COc1ccc(COc2cnc(N)c([P](C)=O)c2)cc1. The average Bonchev–Trinajstić information content (AvgIpc) is 2.46. The van der Waals surface area contributed by atoms with Crippen LogP contribution in [0.5, 0.6) is 11.5 Å². The van der Waals surface area contributed by atoms with E-state index >= 15 is 0 Å². The quantitative estimate of drug-likeness (QED) is 0.856. The van der Waals surface area contributed by atoms with Crippen LogP contribution < -0.4 is 20.5 Å². The van der Waals surface area contributed by atoms with E-state index in [1.54, 1.807) is 19.8 Å². The van der Waals surface area contributed by atoms with E-state index in [0.717, 1.165) is 11.3 Å². The lowest BCUT2D eigenvalue weighted by molar-refractivity contribution is 0.305. The molecule has 0 aliphatic heterocycles. The molecule has 1 heterocycles. The van der Waals surface area contributed by atoms with Crippen molar-refractivity contribution in [2.75, 3.05) is 19.5 Å². The first-order chi connectivity index (χ1) is 9.60. The van der Waals surface area contributed by atoms with E-state index in [1.807, 2.05) is 24.3 Å². The molecular formula is C14H16N2O3P. The Morgan fingerprint density at radius 2 is 1.95 bits per heavy atom. The summed E-state index contributed by atoms with van der Waals surface area (Å²) in [5.74, 6) is 1.63.